The van der Waals surface area contributed by atoms with Crippen LogP contribution in [0, 0.1) is 0 Å². The van der Waals surface area contributed by atoms with Crippen LogP contribution in [0.5, 0.6) is 0 Å². The highest BCUT2D eigenvalue weighted by atomic mass is 28.1. The summed E-state index contributed by atoms with van der Waals surface area (Å²) in [7, 11) is 1.29. The third-order valence-corrected chi connectivity index (χ3v) is 4.88. The monoisotopic (exact) mass is 334 g/mol. The molecule has 0 aromatic heterocycles. The van der Waals surface area contributed by atoms with Gasteiger partial charge in [0.2, 0.25) is 0 Å². The van der Waals surface area contributed by atoms with Crippen LogP contribution in [0.4, 0.5) is 0 Å². The van der Waals surface area contributed by atoms with Gasteiger partial charge in [-0.3, -0.25) is 0 Å². The Morgan fingerprint density at radius 2 is 1.09 bits per heavy atom. The second kappa shape index (κ2) is 16.2. The van der Waals surface area contributed by atoms with E-state index in [1.165, 1.54) is 92.7 Å². The van der Waals surface area contributed by atoms with E-state index < -0.39 is 0 Å². The molecule has 0 radical (unpaired) electrons. The summed E-state index contributed by atoms with van der Waals surface area (Å²) in [6, 6.07) is 10.7. The lowest BCUT2D eigenvalue weighted by Crippen LogP contribution is -2.16. The molecule has 1 aromatic carbocycles. The van der Waals surface area contributed by atoms with Gasteiger partial charge in [0, 0.05) is 16.8 Å². The first kappa shape index (κ1) is 20.4. The Morgan fingerprint density at radius 3 is 1.61 bits per heavy atom. The van der Waals surface area contributed by atoms with Crippen molar-refractivity contribution in [1.29, 1.82) is 0 Å². The summed E-state index contributed by atoms with van der Waals surface area (Å²) in [6.07, 6.45) is 15.4. The van der Waals surface area contributed by atoms with Gasteiger partial charge in [0.05, 0.1) is 0 Å². The van der Waals surface area contributed by atoms with Crippen LogP contribution >= 0.6 is 0 Å². The Balaban J connectivity index is 1.72. The lowest BCUT2D eigenvalue weighted by atomic mass is 10.1. The third kappa shape index (κ3) is 13.5. The minimum Gasteiger partial charge on any atom is -0.320 e. The van der Waals surface area contributed by atoms with E-state index in [1.54, 1.807) is 0 Å². The van der Waals surface area contributed by atoms with Crippen molar-refractivity contribution < 1.29 is 0 Å². The van der Waals surface area contributed by atoms with Crippen molar-refractivity contribution in [3.63, 3.8) is 0 Å². The molecular formula is C20H38N2Si. The molecule has 1 rings (SSSR count). The third-order valence-electron chi connectivity index (χ3n) is 4.38. The molecule has 2 N–H and O–H groups in total. The molecule has 0 bridgehead atoms. The van der Waals surface area contributed by atoms with Gasteiger partial charge in [-0.15, -0.1) is 0 Å². The van der Waals surface area contributed by atoms with E-state index in [2.05, 4.69) is 41.0 Å². The molecule has 3 heteroatoms. The number of hydrogen-bond donors (Lipinski definition) is 2. The van der Waals surface area contributed by atoms with Crippen LogP contribution in [0.25, 0.3) is 0 Å². The van der Waals surface area contributed by atoms with Gasteiger partial charge >= 0.3 is 0 Å². The molecule has 0 aliphatic heterocycles. The van der Waals surface area contributed by atoms with Crippen molar-refractivity contribution in [3.8, 4) is 0 Å². The van der Waals surface area contributed by atoms with E-state index in [0.29, 0.717) is 0 Å². The maximum atomic E-state index is 3.54. The normalized spacial score (nSPS) is 11.1. The average molecular weight is 335 g/mol. The first-order valence-electron chi connectivity index (χ1n) is 9.89. The molecule has 0 aliphatic rings. The van der Waals surface area contributed by atoms with E-state index >= 15 is 0 Å². The van der Waals surface area contributed by atoms with Crippen LogP contribution in [0.2, 0.25) is 0 Å². The molecule has 132 valence electrons. The van der Waals surface area contributed by atoms with Gasteiger partial charge in [0.25, 0.3) is 0 Å². The molecule has 0 fully saturated rings. The maximum absolute atomic E-state index is 3.54. The number of unbranched alkanes of at least 4 members (excludes halogenated alkanes) is 9. The minimum absolute atomic E-state index is 1.01. The molecule has 0 amide bonds. The summed E-state index contributed by atoms with van der Waals surface area (Å²) in [5, 5.41) is 6.99. The molecule has 2 nitrogen and oxygen atoms in total. The van der Waals surface area contributed by atoms with E-state index in [0.717, 1.165) is 13.1 Å². The molecule has 0 saturated carbocycles. The Morgan fingerprint density at radius 1 is 0.609 bits per heavy atom. The van der Waals surface area contributed by atoms with Crippen LogP contribution < -0.4 is 10.6 Å². The minimum atomic E-state index is 1.01. The smallest absolute Gasteiger partial charge is 0.0205 e. The van der Waals surface area contributed by atoms with Gasteiger partial charge in [-0.2, -0.15) is 0 Å². The average Bonchev–Trinajstić information content (AvgIpc) is 2.59. The first-order chi connectivity index (χ1) is 11.4. The fourth-order valence-electron chi connectivity index (χ4n) is 2.92. The second-order valence-electron chi connectivity index (χ2n) is 6.55. The Labute approximate surface area is 147 Å². The van der Waals surface area contributed by atoms with Gasteiger partial charge in [0.15, 0.2) is 0 Å². The van der Waals surface area contributed by atoms with Crippen molar-refractivity contribution in [3.05, 3.63) is 35.9 Å². The van der Waals surface area contributed by atoms with Crippen molar-refractivity contribution >= 4 is 10.2 Å². The molecule has 0 unspecified atom stereocenters. The predicted octanol–water partition coefficient (Wildman–Crippen LogP) is 3.59. The van der Waals surface area contributed by atoms with Crippen molar-refractivity contribution in [1.82, 2.24) is 10.6 Å². The zero-order chi connectivity index (χ0) is 16.4. The quantitative estimate of drug-likeness (QED) is 0.357. The van der Waals surface area contributed by atoms with Gasteiger partial charge in [-0.1, -0.05) is 81.7 Å². The summed E-state index contributed by atoms with van der Waals surface area (Å²) >= 11 is 0. The van der Waals surface area contributed by atoms with Crippen LogP contribution in [-0.2, 0) is 6.54 Å². The van der Waals surface area contributed by atoms with Crippen LogP contribution in [0.15, 0.2) is 30.3 Å². The highest BCUT2D eigenvalue weighted by Crippen LogP contribution is 2.10. The molecular weight excluding hydrogens is 296 g/mol. The second-order valence-corrected chi connectivity index (χ2v) is 7.26. The Hall–Kier alpha value is -0.643. The summed E-state index contributed by atoms with van der Waals surface area (Å²) in [4.78, 5) is 0. The highest BCUT2D eigenvalue weighted by Gasteiger charge is 1.94. The van der Waals surface area contributed by atoms with E-state index in [1.807, 2.05) is 0 Å². The number of nitrogens with one attached hydrogen (secondary N) is 2. The lowest BCUT2D eigenvalue weighted by Gasteiger charge is -2.05. The topological polar surface area (TPSA) is 24.1 Å². The SMILES string of the molecule is [SiH3]CNCCCCCCCCCCCCNCc1ccccc1. The molecule has 0 heterocycles. The fourth-order valence-corrected chi connectivity index (χ4v) is 3.27. The van der Waals surface area contributed by atoms with E-state index in [9.17, 15) is 0 Å². The van der Waals surface area contributed by atoms with Gasteiger partial charge in [-0.05, 0) is 37.7 Å². The predicted molar refractivity (Wildman–Crippen MR) is 107 cm³/mol. The molecule has 23 heavy (non-hydrogen) atoms. The molecule has 0 saturated heterocycles. The van der Waals surface area contributed by atoms with Gasteiger partial charge < -0.3 is 10.6 Å². The van der Waals surface area contributed by atoms with E-state index in [-0.39, 0.29) is 0 Å². The fraction of sp³-hybridized carbons (Fsp3) is 0.700. The lowest BCUT2D eigenvalue weighted by molar-refractivity contribution is 0.537. The number of hydrogen-bond acceptors (Lipinski definition) is 2. The first-order valence-corrected chi connectivity index (χ1v) is 11.3. The standard InChI is InChI=1S/C20H38N2Si/c23-19-22-17-13-8-6-4-2-1-3-5-7-12-16-21-18-20-14-10-9-11-15-20/h9-11,14-15,21-22H,1-8,12-13,16-19H2,23H3. The highest BCUT2D eigenvalue weighted by molar-refractivity contribution is 6.08. The summed E-state index contributed by atoms with van der Waals surface area (Å²) in [5.41, 5.74) is 1.39. The zero-order valence-electron chi connectivity index (χ0n) is 15.3. The summed E-state index contributed by atoms with van der Waals surface area (Å²) in [6.45, 7) is 3.40. The molecule has 0 spiro atoms. The number of benzene rings is 1. The van der Waals surface area contributed by atoms with E-state index in [4.69, 9.17) is 0 Å². The molecule has 1 aromatic rings. The summed E-state index contributed by atoms with van der Waals surface area (Å²) < 4.78 is 0. The zero-order valence-corrected chi connectivity index (χ0v) is 17.3. The van der Waals surface area contributed by atoms with Gasteiger partial charge in [0.1, 0.15) is 0 Å². The van der Waals surface area contributed by atoms with Crippen LogP contribution in [0.1, 0.15) is 69.8 Å². The maximum Gasteiger partial charge on any atom is 0.0205 e. The van der Waals surface area contributed by atoms with Crippen molar-refractivity contribution in [2.75, 3.05) is 19.3 Å². The Kier molecular flexibility index (Phi) is 14.4. The van der Waals surface area contributed by atoms with Crippen LogP contribution in [-0.4, -0.2) is 29.5 Å². The van der Waals surface area contributed by atoms with Gasteiger partial charge in [-0.25, -0.2) is 0 Å². The molecule has 0 aliphatic carbocycles. The van der Waals surface area contributed by atoms with Crippen molar-refractivity contribution in [2.24, 2.45) is 0 Å². The largest absolute Gasteiger partial charge is 0.320 e. The Bertz CT molecular complexity index is 343. The summed E-state index contributed by atoms with van der Waals surface area (Å²) in [5.74, 6) is 0. The van der Waals surface area contributed by atoms with Crippen molar-refractivity contribution in [2.45, 2.75) is 70.8 Å². The number of rotatable bonds is 16. The molecule has 0 atom stereocenters. The van der Waals surface area contributed by atoms with Crippen LogP contribution in [0.3, 0.4) is 0 Å².